The van der Waals surface area contributed by atoms with Crippen LogP contribution in [0.3, 0.4) is 0 Å². The van der Waals surface area contributed by atoms with Gasteiger partial charge in [0.25, 0.3) is 5.91 Å². The maximum Gasteiger partial charge on any atom is 0.256 e. The molecule has 2 aromatic carbocycles. The number of anilines is 1. The molecule has 3 aliphatic rings. The van der Waals surface area contributed by atoms with Crippen LogP contribution in [0.25, 0.3) is 5.65 Å². The minimum atomic E-state index is -0.682. The molecule has 13 nitrogen and oxygen atoms in total. The van der Waals surface area contributed by atoms with Crippen molar-refractivity contribution in [1.29, 1.82) is 0 Å². The van der Waals surface area contributed by atoms with E-state index in [1.807, 2.05) is 34.1 Å². The fraction of sp³-hybridized carbons (Fsp3) is 0.465. The molecule has 0 bridgehead atoms. The molecule has 0 spiro atoms. The average molecular weight is 797 g/mol. The Balaban J connectivity index is 0.770. The number of hydrogen-bond acceptors (Lipinski definition) is 8. The van der Waals surface area contributed by atoms with Gasteiger partial charge in [0.15, 0.2) is 5.65 Å². The summed E-state index contributed by atoms with van der Waals surface area (Å²) in [6.07, 6.45) is 12.1. The number of benzene rings is 2. The van der Waals surface area contributed by atoms with Crippen molar-refractivity contribution in [3.05, 3.63) is 94.8 Å². The summed E-state index contributed by atoms with van der Waals surface area (Å²) in [5, 5.41) is 12.2. The van der Waals surface area contributed by atoms with Crippen molar-refractivity contribution in [2.24, 2.45) is 0 Å². The van der Waals surface area contributed by atoms with E-state index in [0.717, 1.165) is 82.2 Å². The minimum absolute atomic E-state index is 0.152. The lowest BCUT2D eigenvalue weighted by atomic mass is 9.88. The number of unbranched alkanes of at least 4 members (excludes halogenated alkanes) is 4. The number of likely N-dealkylation sites (tertiary alicyclic amines) is 1. The smallest absolute Gasteiger partial charge is 0.256 e. The van der Waals surface area contributed by atoms with Crippen molar-refractivity contribution in [3.8, 4) is 0 Å². The fourth-order valence-electron chi connectivity index (χ4n) is 8.33. The lowest BCUT2D eigenvalue weighted by molar-refractivity contribution is -0.137. The Hall–Kier alpha value is -5.73. The highest BCUT2D eigenvalue weighted by Gasteiger charge is 2.31. The Morgan fingerprint density at radius 2 is 1.66 bits per heavy atom. The van der Waals surface area contributed by atoms with Crippen molar-refractivity contribution in [1.82, 2.24) is 35.4 Å². The first-order chi connectivity index (χ1) is 28.1. The number of aromatic nitrogens is 3. The largest absolute Gasteiger partial charge is 0.352 e. The van der Waals surface area contributed by atoms with E-state index < -0.39 is 23.6 Å². The fourth-order valence-corrected chi connectivity index (χ4v) is 8.33. The van der Waals surface area contributed by atoms with Crippen LogP contribution in [-0.2, 0) is 25.6 Å². The third-order valence-corrected chi connectivity index (χ3v) is 11.6. The predicted octanol–water partition coefficient (Wildman–Crippen LogP) is 5.29. The van der Waals surface area contributed by atoms with Gasteiger partial charge in [0.05, 0.1) is 18.7 Å². The Morgan fingerprint density at radius 3 is 2.45 bits per heavy atom. The lowest BCUT2D eigenvalue weighted by Crippen LogP contribution is -2.52. The Bertz CT molecular complexity index is 2130. The molecule has 3 N–H and O–H groups in total. The Morgan fingerprint density at radius 1 is 0.879 bits per heavy atom. The predicted molar refractivity (Wildman–Crippen MR) is 212 cm³/mol. The van der Waals surface area contributed by atoms with Crippen LogP contribution in [0.5, 0.6) is 0 Å². The van der Waals surface area contributed by atoms with E-state index in [-0.39, 0.29) is 42.5 Å². The topological polar surface area (TPSA) is 158 Å². The molecule has 3 aliphatic heterocycles. The van der Waals surface area contributed by atoms with Gasteiger partial charge in [0.1, 0.15) is 29.1 Å². The zero-order valence-corrected chi connectivity index (χ0v) is 32.6. The van der Waals surface area contributed by atoms with E-state index in [9.17, 15) is 32.8 Å². The van der Waals surface area contributed by atoms with Gasteiger partial charge in [0.2, 0.25) is 23.6 Å². The number of fused-ring (bicyclic) bond motifs is 1. The number of amides is 5. The number of halogens is 2. The molecule has 3 fully saturated rings. The minimum Gasteiger partial charge on any atom is -0.352 e. The molecule has 0 saturated carbocycles. The van der Waals surface area contributed by atoms with E-state index >= 15 is 0 Å². The second-order valence-electron chi connectivity index (χ2n) is 15.5. The summed E-state index contributed by atoms with van der Waals surface area (Å²) in [7, 11) is 0. The number of imide groups is 1. The number of carbonyl (C=O) groups excluding carboxylic acids is 5. The second kappa shape index (κ2) is 18.7. The van der Waals surface area contributed by atoms with Gasteiger partial charge in [0, 0.05) is 50.8 Å². The maximum absolute atomic E-state index is 14.6. The van der Waals surface area contributed by atoms with Crippen molar-refractivity contribution < 1.29 is 32.8 Å². The van der Waals surface area contributed by atoms with E-state index in [4.69, 9.17) is 4.98 Å². The first-order valence-electron chi connectivity index (χ1n) is 20.5. The zero-order valence-electron chi connectivity index (χ0n) is 32.6. The molecule has 5 amide bonds. The number of rotatable bonds is 15. The zero-order chi connectivity index (χ0) is 40.6. The number of hydrogen-bond donors (Lipinski definition) is 3. The summed E-state index contributed by atoms with van der Waals surface area (Å²) in [5.74, 6) is -1.13. The van der Waals surface area contributed by atoms with Crippen LogP contribution >= 0.6 is 0 Å². The summed E-state index contributed by atoms with van der Waals surface area (Å²) in [4.78, 5) is 70.5. The van der Waals surface area contributed by atoms with Crippen LogP contribution in [0, 0.1) is 11.6 Å². The Kier molecular flexibility index (Phi) is 13.0. The average Bonchev–Trinajstić information content (AvgIpc) is 3.89. The lowest BCUT2D eigenvalue weighted by Gasteiger charge is -2.32. The van der Waals surface area contributed by atoms with Crippen LogP contribution in [0.4, 0.5) is 14.6 Å². The SMILES string of the molecule is O=C1CCC(NC(=O)Cc2ccc(C3CCN(C(=O)CCCCCCCNC(=O)c4cnn5ccc(N6CCC[C@@H]6c6cc(F)ccc6F)nc45)CC3)cc2)C(=O)N1. The second-order valence-corrected chi connectivity index (χ2v) is 15.5. The van der Waals surface area contributed by atoms with Gasteiger partial charge in [-0.05, 0) is 86.3 Å². The van der Waals surface area contributed by atoms with Gasteiger partial charge in [-0.25, -0.2) is 18.3 Å². The van der Waals surface area contributed by atoms with Crippen molar-refractivity contribution in [2.75, 3.05) is 31.1 Å². The van der Waals surface area contributed by atoms with Crippen molar-refractivity contribution in [3.63, 3.8) is 0 Å². The molecule has 5 heterocycles. The molecule has 2 atom stereocenters. The normalized spacial score (nSPS) is 18.7. The molecule has 0 aliphatic carbocycles. The number of nitrogens with zero attached hydrogens (tertiary/aromatic N) is 5. The van der Waals surface area contributed by atoms with Gasteiger partial charge < -0.3 is 20.4 Å². The molecular formula is C43H50F2N8O5. The van der Waals surface area contributed by atoms with Crippen LogP contribution in [0.15, 0.2) is 60.9 Å². The quantitative estimate of drug-likeness (QED) is 0.108. The highest BCUT2D eigenvalue weighted by Crippen LogP contribution is 2.37. The summed E-state index contributed by atoms with van der Waals surface area (Å²) in [6, 6.07) is 12.2. The molecule has 4 aromatic rings. The van der Waals surface area contributed by atoms with E-state index in [1.54, 1.807) is 12.3 Å². The maximum atomic E-state index is 14.6. The highest BCUT2D eigenvalue weighted by molar-refractivity contribution is 6.02. The molecule has 2 aromatic heterocycles. The standard InChI is InChI=1S/C43H50F2N8O5/c44-31-13-14-34(45)32(26-31)36-7-6-21-52(36)37-19-24-53-41(49-37)33(27-47-53)42(57)46-20-5-3-1-2-4-8-40(56)51-22-17-30(18-23-51)29-11-9-28(10-12-29)25-39(55)48-35-15-16-38(54)50-43(35)58/h9-14,19,24,26-27,30,35-36H,1-8,15-18,20-23,25H2,(H,46,57)(H,48,55)(H,50,54,58)/t35?,36-/m1/s1. The molecule has 15 heteroatoms. The van der Waals surface area contributed by atoms with Gasteiger partial charge >= 0.3 is 0 Å². The molecule has 7 rings (SSSR count). The molecule has 1 unspecified atom stereocenters. The van der Waals surface area contributed by atoms with E-state index in [2.05, 4.69) is 21.0 Å². The number of carbonyl (C=O) groups is 5. The third kappa shape index (κ3) is 9.86. The number of nitrogens with one attached hydrogen (secondary N) is 3. The van der Waals surface area contributed by atoms with Crippen molar-refractivity contribution in [2.45, 2.75) is 101 Å². The summed E-state index contributed by atoms with van der Waals surface area (Å²) in [5.41, 5.74) is 3.08. The van der Waals surface area contributed by atoms with Crippen LogP contribution in [0.1, 0.15) is 116 Å². The highest BCUT2D eigenvalue weighted by atomic mass is 19.1. The van der Waals surface area contributed by atoms with Crippen LogP contribution in [0.2, 0.25) is 0 Å². The van der Waals surface area contributed by atoms with Crippen molar-refractivity contribution >= 4 is 41.0 Å². The van der Waals surface area contributed by atoms with Crippen LogP contribution in [-0.4, -0.2) is 81.3 Å². The summed E-state index contributed by atoms with van der Waals surface area (Å²) in [6.45, 7) is 2.57. The van der Waals surface area contributed by atoms with E-state index in [1.165, 1.54) is 22.3 Å². The van der Waals surface area contributed by atoms with E-state index in [0.29, 0.717) is 60.9 Å². The van der Waals surface area contributed by atoms with Gasteiger partial charge in [-0.3, -0.25) is 29.3 Å². The first-order valence-corrected chi connectivity index (χ1v) is 20.5. The monoisotopic (exact) mass is 796 g/mol. The molecule has 3 saturated heterocycles. The Labute approximate surface area is 335 Å². The summed E-state index contributed by atoms with van der Waals surface area (Å²) < 4.78 is 30.2. The molecule has 306 valence electrons. The summed E-state index contributed by atoms with van der Waals surface area (Å²) >= 11 is 0. The molecule has 58 heavy (non-hydrogen) atoms. The molecular weight excluding hydrogens is 747 g/mol. The third-order valence-electron chi connectivity index (χ3n) is 11.6. The molecule has 0 radical (unpaired) electrons. The van der Waals surface area contributed by atoms with Gasteiger partial charge in [-0.2, -0.15) is 5.10 Å². The van der Waals surface area contributed by atoms with Gasteiger partial charge in [-0.1, -0.05) is 43.5 Å². The first kappa shape index (κ1) is 40.5. The van der Waals surface area contributed by atoms with Crippen LogP contribution < -0.4 is 20.9 Å². The number of piperidine rings is 2. The van der Waals surface area contributed by atoms with Gasteiger partial charge in [-0.15, -0.1) is 0 Å².